The fourth-order valence-corrected chi connectivity index (χ4v) is 3.87. The van der Waals surface area contributed by atoms with E-state index in [0.717, 1.165) is 5.75 Å². The van der Waals surface area contributed by atoms with E-state index in [4.69, 9.17) is 10.5 Å². The van der Waals surface area contributed by atoms with Crippen molar-refractivity contribution in [1.29, 1.82) is 0 Å². The molecule has 0 aliphatic rings. The minimum Gasteiger partial charge on any atom is -0.457 e. The lowest BCUT2D eigenvalue weighted by molar-refractivity contribution is 0.482. The predicted molar refractivity (Wildman–Crippen MR) is 92.4 cm³/mol. The number of thioether (sulfide) groups is 1. The molecule has 0 aliphatic carbocycles. The van der Waals surface area contributed by atoms with Gasteiger partial charge < -0.3 is 10.5 Å². The summed E-state index contributed by atoms with van der Waals surface area (Å²) in [6.07, 6.45) is 2.63. The first-order valence-electron chi connectivity index (χ1n) is 6.86. The highest BCUT2D eigenvalue weighted by atomic mass is 32.2. The summed E-state index contributed by atoms with van der Waals surface area (Å²) in [4.78, 5) is 0.327. The molecule has 22 heavy (non-hydrogen) atoms. The van der Waals surface area contributed by atoms with Crippen molar-refractivity contribution in [3.05, 3.63) is 48.5 Å². The minimum absolute atomic E-state index is 0.170. The molecule has 0 aromatic heterocycles. The van der Waals surface area contributed by atoms with Crippen molar-refractivity contribution in [2.75, 3.05) is 23.5 Å². The monoisotopic (exact) mass is 337 g/mol. The van der Waals surface area contributed by atoms with Gasteiger partial charge in [0.2, 0.25) is 0 Å². The highest BCUT2D eigenvalue weighted by molar-refractivity contribution is 7.98. The maximum absolute atomic E-state index is 12.2. The molecule has 0 bridgehead atoms. The highest BCUT2D eigenvalue weighted by Crippen LogP contribution is 2.24. The van der Waals surface area contributed by atoms with Crippen molar-refractivity contribution < 1.29 is 13.2 Å². The molecule has 0 aliphatic heterocycles. The molecule has 0 unspecified atom stereocenters. The van der Waals surface area contributed by atoms with Gasteiger partial charge in [-0.15, -0.1) is 0 Å². The van der Waals surface area contributed by atoms with Crippen LogP contribution in [0.15, 0.2) is 53.4 Å². The fourth-order valence-electron chi connectivity index (χ4n) is 1.94. The molecule has 2 rings (SSSR count). The molecule has 0 saturated carbocycles. The summed E-state index contributed by atoms with van der Waals surface area (Å²) in [5, 5.41) is 0. The summed E-state index contributed by atoms with van der Waals surface area (Å²) in [6, 6.07) is 13.6. The average molecular weight is 337 g/mol. The second-order valence-corrected chi connectivity index (χ2v) is 7.91. The molecular weight excluding hydrogens is 318 g/mol. The number of ether oxygens (including phenoxy) is 1. The molecular formula is C16H19NO3S2. The van der Waals surface area contributed by atoms with Gasteiger partial charge in [0.05, 0.1) is 10.6 Å². The van der Waals surface area contributed by atoms with Gasteiger partial charge in [-0.1, -0.05) is 6.07 Å². The Morgan fingerprint density at radius 1 is 1.09 bits per heavy atom. The SMILES string of the molecule is CSCCCS(=O)(=O)c1ccc(Oc2cccc(N)c2)cc1. The standard InChI is InChI=1S/C16H19NO3S2/c1-21-10-3-11-22(18,19)16-8-6-14(7-9-16)20-15-5-2-4-13(17)12-15/h2,4-9,12H,3,10-11,17H2,1H3. The Bertz CT molecular complexity index is 712. The van der Waals surface area contributed by atoms with Crippen LogP contribution in [-0.4, -0.2) is 26.2 Å². The second kappa shape index (κ2) is 7.56. The van der Waals surface area contributed by atoms with E-state index in [1.54, 1.807) is 60.3 Å². The first kappa shape index (κ1) is 16.7. The summed E-state index contributed by atoms with van der Waals surface area (Å²) in [7, 11) is -3.22. The molecule has 2 N–H and O–H groups in total. The Morgan fingerprint density at radius 3 is 2.45 bits per heavy atom. The predicted octanol–water partition coefficient (Wildman–Crippen LogP) is 3.59. The number of benzene rings is 2. The first-order valence-corrected chi connectivity index (χ1v) is 9.91. The molecule has 0 amide bonds. The number of rotatable bonds is 7. The lowest BCUT2D eigenvalue weighted by Gasteiger charge is -2.08. The summed E-state index contributed by atoms with van der Waals surface area (Å²) in [6.45, 7) is 0. The number of sulfone groups is 1. The van der Waals surface area contributed by atoms with Crippen LogP contribution in [0.3, 0.4) is 0 Å². The minimum atomic E-state index is -3.22. The molecule has 2 aromatic carbocycles. The van der Waals surface area contributed by atoms with Gasteiger partial charge >= 0.3 is 0 Å². The number of nitrogens with two attached hydrogens (primary N) is 1. The van der Waals surface area contributed by atoms with Crippen LogP contribution in [0.5, 0.6) is 11.5 Å². The zero-order chi connectivity index (χ0) is 16.0. The van der Waals surface area contributed by atoms with E-state index >= 15 is 0 Å². The van der Waals surface area contributed by atoms with Crippen molar-refractivity contribution >= 4 is 27.3 Å². The smallest absolute Gasteiger partial charge is 0.178 e. The van der Waals surface area contributed by atoms with Crippen molar-refractivity contribution in [3.63, 3.8) is 0 Å². The topological polar surface area (TPSA) is 69.4 Å². The molecule has 118 valence electrons. The number of anilines is 1. The van der Waals surface area contributed by atoms with Gasteiger partial charge in [0.1, 0.15) is 11.5 Å². The zero-order valence-electron chi connectivity index (χ0n) is 12.4. The average Bonchev–Trinajstić information content (AvgIpc) is 2.48. The van der Waals surface area contributed by atoms with E-state index in [0.29, 0.717) is 28.5 Å². The fraction of sp³-hybridized carbons (Fsp3) is 0.250. The van der Waals surface area contributed by atoms with Crippen LogP contribution in [0.25, 0.3) is 0 Å². The Labute approximate surface area is 135 Å². The Morgan fingerprint density at radius 2 is 1.82 bits per heavy atom. The van der Waals surface area contributed by atoms with Crippen LogP contribution < -0.4 is 10.5 Å². The van der Waals surface area contributed by atoms with Gasteiger partial charge in [0.15, 0.2) is 9.84 Å². The first-order chi connectivity index (χ1) is 10.5. The van der Waals surface area contributed by atoms with E-state index < -0.39 is 9.84 Å². The van der Waals surface area contributed by atoms with Gasteiger partial charge in [-0.2, -0.15) is 11.8 Å². The van der Waals surface area contributed by atoms with Gasteiger partial charge in [-0.3, -0.25) is 0 Å². The summed E-state index contributed by atoms with van der Waals surface area (Å²) in [5.41, 5.74) is 6.31. The molecule has 0 atom stereocenters. The van der Waals surface area contributed by atoms with E-state index in [1.807, 2.05) is 6.26 Å². The molecule has 0 fully saturated rings. The molecule has 0 heterocycles. The second-order valence-electron chi connectivity index (χ2n) is 4.81. The van der Waals surface area contributed by atoms with Crippen LogP contribution in [-0.2, 0) is 9.84 Å². The van der Waals surface area contributed by atoms with Gasteiger partial charge in [-0.05, 0) is 54.8 Å². The van der Waals surface area contributed by atoms with Crippen LogP contribution in [0.2, 0.25) is 0 Å². The Balaban J connectivity index is 2.07. The lowest BCUT2D eigenvalue weighted by atomic mass is 10.3. The summed E-state index contributed by atoms with van der Waals surface area (Å²) in [5.74, 6) is 2.21. The normalized spacial score (nSPS) is 11.3. The molecule has 4 nitrogen and oxygen atoms in total. The molecule has 0 spiro atoms. The third kappa shape index (κ3) is 4.68. The molecule has 0 saturated heterocycles. The van der Waals surface area contributed by atoms with Gasteiger partial charge in [0, 0.05) is 11.8 Å². The lowest BCUT2D eigenvalue weighted by Crippen LogP contribution is -2.07. The van der Waals surface area contributed by atoms with Crippen LogP contribution >= 0.6 is 11.8 Å². The molecule has 2 aromatic rings. The third-order valence-electron chi connectivity index (χ3n) is 3.04. The summed E-state index contributed by atoms with van der Waals surface area (Å²) < 4.78 is 30.0. The number of nitrogen functional groups attached to an aromatic ring is 1. The Kier molecular flexibility index (Phi) is 5.74. The Hall–Kier alpha value is -1.66. The third-order valence-corrected chi connectivity index (χ3v) is 5.55. The summed E-state index contributed by atoms with van der Waals surface area (Å²) >= 11 is 1.65. The highest BCUT2D eigenvalue weighted by Gasteiger charge is 2.13. The van der Waals surface area contributed by atoms with Crippen molar-refractivity contribution in [2.45, 2.75) is 11.3 Å². The van der Waals surface area contributed by atoms with Crippen LogP contribution in [0.4, 0.5) is 5.69 Å². The van der Waals surface area contributed by atoms with E-state index in [-0.39, 0.29) is 5.75 Å². The number of hydrogen-bond acceptors (Lipinski definition) is 5. The van der Waals surface area contributed by atoms with Crippen LogP contribution in [0.1, 0.15) is 6.42 Å². The maximum Gasteiger partial charge on any atom is 0.178 e. The van der Waals surface area contributed by atoms with Crippen molar-refractivity contribution in [2.24, 2.45) is 0 Å². The molecule has 6 heteroatoms. The quantitative estimate of drug-likeness (QED) is 0.617. The van der Waals surface area contributed by atoms with E-state index in [9.17, 15) is 8.42 Å². The molecule has 0 radical (unpaired) electrons. The zero-order valence-corrected chi connectivity index (χ0v) is 14.0. The van der Waals surface area contributed by atoms with Crippen molar-refractivity contribution in [3.8, 4) is 11.5 Å². The largest absolute Gasteiger partial charge is 0.457 e. The van der Waals surface area contributed by atoms with Crippen molar-refractivity contribution in [1.82, 2.24) is 0 Å². The van der Waals surface area contributed by atoms with E-state index in [1.165, 1.54) is 0 Å². The number of hydrogen-bond donors (Lipinski definition) is 1. The van der Waals surface area contributed by atoms with Gasteiger partial charge in [0.25, 0.3) is 0 Å². The van der Waals surface area contributed by atoms with Gasteiger partial charge in [-0.25, -0.2) is 8.42 Å². The van der Waals surface area contributed by atoms with E-state index in [2.05, 4.69) is 0 Å². The maximum atomic E-state index is 12.2. The van der Waals surface area contributed by atoms with Crippen LogP contribution in [0, 0.1) is 0 Å².